The first kappa shape index (κ1) is 18.0. The number of hydrogen-bond acceptors (Lipinski definition) is 3. The smallest absolute Gasteiger partial charge is 0.239 e. The zero-order valence-corrected chi connectivity index (χ0v) is 13.3. The van der Waals surface area contributed by atoms with E-state index in [0.29, 0.717) is 12.3 Å². The lowest BCUT2D eigenvalue weighted by Gasteiger charge is -2.21. The van der Waals surface area contributed by atoms with Gasteiger partial charge in [0.15, 0.2) is 0 Å². The molecule has 5 heteroatoms. The van der Waals surface area contributed by atoms with Gasteiger partial charge in [0, 0.05) is 25.6 Å². The molecule has 1 aliphatic rings. The number of halogens is 1. The van der Waals surface area contributed by atoms with Gasteiger partial charge in [-0.05, 0) is 25.3 Å². The minimum atomic E-state index is -0.441. The van der Waals surface area contributed by atoms with Crippen molar-refractivity contribution in [3.8, 4) is 0 Å². The molecule has 1 unspecified atom stereocenters. The predicted molar refractivity (Wildman–Crippen MR) is 86.5 cm³/mol. The van der Waals surface area contributed by atoms with E-state index in [1.807, 2.05) is 42.2 Å². The summed E-state index contributed by atoms with van der Waals surface area (Å²) in [6.07, 6.45) is 1.62. The van der Waals surface area contributed by atoms with E-state index in [1.54, 1.807) is 0 Å². The SMILES string of the molecule is CCOCC1CCN(C(=O)[C@@H](N)Cc2ccccc2)C1.Cl. The number of carbonyl (C=O) groups excluding carboxylic acids is 1. The summed E-state index contributed by atoms with van der Waals surface area (Å²) in [7, 11) is 0. The molecule has 2 atom stereocenters. The summed E-state index contributed by atoms with van der Waals surface area (Å²) in [4.78, 5) is 14.2. The molecule has 1 saturated heterocycles. The molecule has 0 spiro atoms. The highest BCUT2D eigenvalue weighted by atomic mass is 35.5. The molecule has 1 heterocycles. The third-order valence-corrected chi connectivity index (χ3v) is 3.77. The molecular weight excluding hydrogens is 288 g/mol. The van der Waals surface area contributed by atoms with Crippen LogP contribution in [0.4, 0.5) is 0 Å². The monoisotopic (exact) mass is 312 g/mol. The normalized spacial score (nSPS) is 19.1. The lowest BCUT2D eigenvalue weighted by Crippen LogP contribution is -2.44. The third kappa shape index (κ3) is 5.30. The maximum Gasteiger partial charge on any atom is 0.239 e. The molecule has 2 rings (SSSR count). The number of hydrogen-bond donors (Lipinski definition) is 1. The predicted octanol–water partition coefficient (Wildman–Crippen LogP) is 1.86. The highest BCUT2D eigenvalue weighted by Gasteiger charge is 2.29. The number of rotatable bonds is 6. The van der Waals surface area contributed by atoms with Crippen molar-refractivity contribution in [1.29, 1.82) is 0 Å². The molecule has 1 amide bonds. The highest BCUT2D eigenvalue weighted by molar-refractivity contribution is 5.85. The minimum absolute atomic E-state index is 0. The molecule has 0 saturated carbocycles. The van der Waals surface area contributed by atoms with Gasteiger partial charge >= 0.3 is 0 Å². The fourth-order valence-electron chi connectivity index (χ4n) is 2.64. The molecule has 4 nitrogen and oxygen atoms in total. The van der Waals surface area contributed by atoms with E-state index in [2.05, 4.69) is 0 Å². The Morgan fingerprint density at radius 2 is 2.14 bits per heavy atom. The van der Waals surface area contributed by atoms with Gasteiger partial charge < -0.3 is 15.4 Å². The van der Waals surface area contributed by atoms with Crippen LogP contribution in [0.2, 0.25) is 0 Å². The van der Waals surface area contributed by atoms with Crippen molar-refractivity contribution < 1.29 is 9.53 Å². The molecular formula is C16H25ClN2O2. The van der Waals surface area contributed by atoms with Gasteiger partial charge in [-0.2, -0.15) is 0 Å². The van der Waals surface area contributed by atoms with E-state index in [9.17, 15) is 4.79 Å². The summed E-state index contributed by atoms with van der Waals surface area (Å²) < 4.78 is 5.43. The van der Waals surface area contributed by atoms with E-state index >= 15 is 0 Å². The Morgan fingerprint density at radius 1 is 1.43 bits per heavy atom. The first-order valence-corrected chi connectivity index (χ1v) is 7.36. The molecule has 0 aliphatic carbocycles. The quantitative estimate of drug-likeness (QED) is 0.872. The van der Waals surface area contributed by atoms with Crippen LogP contribution in [0.25, 0.3) is 0 Å². The summed E-state index contributed by atoms with van der Waals surface area (Å²) in [5.74, 6) is 0.524. The fraction of sp³-hybridized carbons (Fsp3) is 0.562. The van der Waals surface area contributed by atoms with Crippen LogP contribution < -0.4 is 5.73 Å². The van der Waals surface area contributed by atoms with E-state index in [1.165, 1.54) is 0 Å². The first-order chi connectivity index (χ1) is 9.70. The Morgan fingerprint density at radius 3 is 2.81 bits per heavy atom. The van der Waals surface area contributed by atoms with E-state index < -0.39 is 6.04 Å². The molecule has 0 aromatic heterocycles. The molecule has 118 valence electrons. The lowest BCUT2D eigenvalue weighted by atomic mass is 10.1. The number of likely N-dealkylation sites (tertiary alicyclic amines) is 1. The largest absolute Gasteiger partial charge is 0.381 e. The Hall–Kier alpha value is -1.10. The van der Waals surface area contributed by atoms with Crippen molar-refractivity contribution in [1.82, 2.24) is 4.90 Å². The standard InChI is InChI=1S/C16H24N2O2.ClH/c1-2-20-12-14-8-9-18(11-14)16(19)15(17)10-13-6-4-3-5-7-13;/h3-7,14-15H,2,8-12,17H2,1H3;1H/t14?,15-;/m0./s1. The number of ether oxygens (including phenoxy) is 1. The summed E-state index contributed by atoms with van der Waals surface area (Å²) in [5, 5.41) is 0. The maximum absolute atomic E-state index is 12.3. The molecule has 0 radical (unpaired) electrons. The number of carbonyl (C=O) groups is 1. The third-order valence-electron chi connectivity index (χ3n) is 3.77. The van der Waals surface area contributed by atoms with Crippen molar-refractivity contribution in [2.75, 3.05) is 26.3 Å². The van der Waals surface area contributed by atoms with E-state index in [4.69, 9.17) is 10.5 Å². The molecule has 1 aromatic carbocycles. The Balaban J connectivity index is 0.00000220. The van der Waals surface area contributed by atoms with Crippen LogP contribution in [0.3, 0.4) is 0 Å². The zero-order chi connectivity index (χ0) is 14.4. The number of benzene rings is 1. The Kier molecular flexibility index (Phi) is 7.72. The van der Waals surface area contributed by atoms with E-state index in [-0.39, 0.29) is 18.3 Å². The van der Waals surface area contributed by atoms with Crippen molar-refractivity contribution in [3.63, 3.8) is 0 Å². The van der Waals surface area contributed by atoms with Crippen LogP contribution in [0.15, 0.2) is 30.3 Å². The van der Waals surface area contributed by atoms with Crippen molar-refractivity contribution in [3.05, 3.63) is 35.9 Å². The Labute approximate surface area is 133 Å². The lowest BCUT2D eigenvalue weighted by molar-refractivity contribution is -0.131. The second-order valence-corrected chi connectivity index (χ2v) is 5.39. The van der Waals surface area contributed by atoms with Gasteiger partial charge in [-0.25, -0.2) is 0 Å². The van der Waals surface area contributed by atoms with Gasteiger partial charge in [-0.15, -0.1) is 12.4 Å². The van der Waals surface area contributed by atoms with Gasteiger partial charge in [0.1, 0.15) is 0 Å². The fourth-order valence-corrected chi connectivity index (χ4v) is 2.64. The minimum Gasteiger partial charge on any atom is -0.381 e. The highest BCUT2D eigenvalue weighted by Crippen LogP contribution is 2.17. The second kappa shape index (κ2) is 9.03. The molecule has 1 aliphatic heterocycles. The van der Waals surface area contributed by atoms with Crippen molar-refractivity contribution in [2.24, 2.45) is 11.7 Å². The van der Waals surface area contributed by atoms with E-state index in [0.717, 1.165) is 38.3 Å². The number of amides is 1. The van der Waals surface area contributed by atoms with Gasteiger partial charge in [0.25, 0.3) is 0 Å². The van der Waals surface area contributed by atoms with Crippen LogP contribution in [0, 0.1) is 5.92 Å². The summed E-state index contributed by atoms with van der Waals surface area (Å²) in [6.45, 7) is 5.06. The zero-order valence-electron chi connectivity index (χ0n) is 12.5. The average molecular weight is 313 g/mol. The summed E-state index contributed by atoms with van der Waals surface area (Å²) in [5.41, 5.74) is 7.16. The molecule has 1 aromatic rings. The molecule has 2 N–H and O–H groups in total. The van der Waals surface area contributed by atoms with Crippen molar-refractivity contribution >= 4 is 18.3 Å². The van der Waals surface area contributed by atoms with Crippen LogP contribution in [-0.2, 0) is 16.0 Å². The summed E-state index contributed by atoms with van der Waals surface area (Å²) >= 11 is 0. The maximum atomic E-state index is 12.3. The number of nitrogens with zero attached hydrogens (tertiary/aromatic N) is 1. The topological polar surface area (TPSA) is 55.6 Å². The Bertz CT molecular complexity index is 428. The van der Waals surface area contributed by atoms with Crippen LogP contribution in [-0.4, -0.2) is 43.2 Å². The van der Waals surface area contributed by atoms with Gasteiger partial charge in [-0.3, -0.25) is 4.79 Å². The molecule has 1 fully saturated rings. The average Bonchev–Trinajstić information content (AvgIpc) is 2.94. The number of nitrogens with two attached hydrogens (primary N) is 1. The molecule has 21 heavy (non-hydrogen) atoms. The van der Waals surface area contributed by atoms with Crippen LogP contribution in [0.5, 0.6) is 0 Å². The van der Waals surface area contributed by atoms with Crippen LogP contribution in [0.1, 0.15) is 18.9 Å². The van der Waals surface area contributed by atoms with Gasteiger partial charge in [-0.1, -0.05) is 30.3 Å². The van der Waals surface area contributed by atoms with Gasteiger partial charge in [0.2, 0.25) is 5.91 Å². The van der Waals surface area contributed by atoms with Gasteiger partial charge in [0.05, 0.1) is 12.6 Å². The second-order valence-electron chi connectivity index (χ2n) is 5.39. The molecule has 0 bridgehead atoms. The van der Waals surface area contributed by atoms with Crippen molar-refractivity contribution in [2.45, 2.75) is 25.8 Å². The van der Waals surface area contributed by atoms with Crippen LogP contribution >= 0.6 is 12.4 Å². The first-order valence-electron chi connectivity index (χ1n) is 7.36. The summed E-state index contributed by atoms with van der Waals surface area (Å²) in [6, 6.07) is 9.49.